The van der Waals surface area contributed by atoms with Crippen LogP contribution in [0, 0.1) is 5.92 Å². The predicted molar refractivity (Wildman–Crippen MR) is 82.6 cm³/mol. The maximum absolute atomic E-state index is 6.27. The molecule has 2 bridgehead atoms. The van der Waals surface area contributed by atoms with Gasteiger partial charge in [0.2, 0.25) is 0 Å². The van der Waals surface area contributed by atoms with Crippen LogP contribution in [-0.4, -0.2) is 29.9 Å². The second kappa shape index (κ2) is 5.44. The van der Waals surface area contributed by atoms with Crippen molar-refractivity contribution in [3.8, 4) is 0 Å². The highest BCUT2D eigenvalue weighted by atomic mass is 35.5. The van der Waals surface area contributed by atoms with Crippen LogP contribution in [0.25, 0.3) is 0 Å². The van der Waals surface area contributed by atoms with Crippen LogP contribution in [0.2, 0.25) is 10.0 Å². The summed E-state index contributed by atoms with van der Waals surface area (Å²) in [5.74, 6) is 1.75. The molecule has 0 N–H and O–H groups in total. The first-order valence-corrected chi connectivity index (χ1v) is 8.13. The Kier molecular flexibility index (Phi) is 4.01. The third kappa shape index (κ3) is 2.40. The van der Waals surface area contributed by atoms with E-state index in [0.29, 0.717) is 39.8 Å². The lowest BCUT2D eigenvalue weighted by atomic mass is 9.77. The standard InChI is InChI=1S/C15H18Cl3N/c1-19-10-3-5-15(19)12(8-16)11(7-10)9-2-4-13(17)14(18)6-9/h2,4,6,10-12,15H,3,5,7-8H2,1H3/t10?,11-,12-,15-/m1/s1. The van der Waals surface area contributed by atoms with Gasteiger partial charge >= 0.3 is 0 Å². The highest BCUT2D eigenvalue weighted by Gasteiger charge is 2.45. The molecule has 0 aromatic heterocycles. The minimum absolute atomic E-state index is 0.515. The molecule has 2 saturated heterocycles. The second-order valence-corrected chi connectivity index (χ2v) is 6.92. The van der Waals surface area contributed by atoms with E-state index in [4.69, 9.17) is 34.8 Å². The van der Waals surface area contributed by atoms with E-state index in [1.165, 1.54) is 24.8 Å². The molecule has 0 amide bonds. The lowest BCUT2D eigenvalue weighted by Crippen LogP contribution is -2.46. The van der Waals surface area contributed by atoms with Crippen molar-refractivity contribution < 1.29 is 0 Å². The van der Waals surface area contributed by atoms with Crippen LogP contribution in [0.4, 0.5) is 0 Å². The van der Waals surface area contributed by atoms with Gasteiger partial charge in [0.15, 0.2) is 0 Å². The van der Waals surface area contributed by atoms with Gasteiger partial charge in [0.25, 0.3) is 0 Å². The maximum atomic E-state index is 6.27. The highest BCUT2D eigenvalue weighted by Crippen LogP contribution is 2.47. The smallest absolute Gasteiger partial charge is 0.0595 e. The zero-order valence-corrected chi connectivity index (χ0v) is 13.2. The molecular formula is C15H18Cl3N. The number of rotatable bonds is 2. The van der Waals surface area contributed by atoms with E-state index in [1.807, 2.05) is 12.1 Å². The Hall–Kier alpha value is 0.0500. The molecule has 1 aromatic rings. The van der Waals surface area contributed by atoms with Gasteiger partial charge in [-0.1, -0.05) is 29.3 Å². The molecule has 2 heterocycles. The SMILES string of the molecule is CN1C2CC[C@@H]1[C@H](CCl)[C@@H](c1ccc(Cl)c(Cl)c1)C2. The van der Waals surface area contributed by atoms with Crippen molar-refractivity contribution in [3.05, 3.63) is 33.8 Å². The van der Waals surface area contributed by atoms with Gasteiger partial charge in [-0.2, -0.15) is 0 Å². The van der Waals surface area contributed by atoms with Crippen LogP contribution < -0.4 is 0 Å². The third-order valence-corrected chi connectivity index (χ3v) is 6.08. The number of nitrogens with zero attached hydrogens (tertiary/aromatic N) is 1. The highest BCUT2D eigenvalue weighted by molar-refractivity contribution is 6.42. The van der Waals surface area contributed by atoms with E-state index < -0.39 is 0 Å². The van der Waals surface area contributed by atoms with Gasteiger partial charge in [0.05, 0.1) is 10.0 Å². The fourth-order valence-corrected chi connectivity index (χ4v) is 4.64. The fourth-order valence-electron chi connectivity index (χ4n) is 3.91. The number of hydrogen-bond donors (Lipinski definition) is 0. The summed E-state index contributed by atoms with van der Waals surface area (Å²) in [6, 6.07) is 7.37. The van der Waals surface area contributed by atoms with E-state index in [2.05, 4.69) is 18.0 Å². The molecule has 4 heteroatoms. The van der Waals surface area contributed by atoms with Crippen LogP contribution in [-0.2, 0) is 0 Å². The van der Waals surface area contributed by atoms with E-state index in [0.717, 1.165) is 0 Å². The first-order chi connectivity index (χ1) is 9.11. The van der Waals surface area contributed by atoms with Gasteiger partial charge in [0.1, 0.15) is 0 Å². The zero-order valence-electron chi connectivity index (χ0n) is 11.0. The molecule has 4 atom stereocenters. The van der Waals surface area contributed by atoms with Gasteiger partial charge in [-0.15, -0.1) is 11.6 Å². The molecule has 2 aliphatic heterocycles. The molecule has 1 aromatic carbocycles. The summed E-state index contributed by atoms with van der Waals surface area (Å²) in [6.45, 7) is 0. The molecule has 3 rings (SSSR count). The molecule has 0 aliphatic carbocycles. The minimum Gasteiger partial charge on any atom is -0.300 e. The Morgan fingerprint density at radius 2 is 2.00 bits per heavy atom. The van der Waals surface area contributed by atoms with Gasteiger partial charge in [-0.25, -0.2) is 0 Å². The average Bonchev–Trinajstić information content (AvgIpc) is 2.65. The number of hydrogen-bond acceptors (Lipinski definition) is 1. The molecule has 0 spiro atoms. The lowest BCUT2D eigenvalue weighted by Gasteiger charge is -2.42. The van der Waals surface area contributed by atoms with E-state index in [1.54, 1.807) is 0 Å². The second-order valence-electron chi connectivity index (χ2n) is 5.80. The van der Waals surface area contributed by atoms with Crippen LogP contribution in [0.1, 0.15) is 30.7 Å². The molecule has 0 saturated carbocycles. The van der Waals surface area contributed by atoms with Crippen molar-refractivity contribution in [2.24, 2.45) is 5.92 Å². The van der Waals surface area contributed by atoms with Gasteiger partial charge < -0.3 is 4.90 Å². The number of alkyl halides is 1. The molecule has 104 valence electrons. The summed E-state index contributed by atoms with van der Waals surface area (Å²) >= 11 is 18.4. The zero-order chi connectivity index (χ0) is 13.6. The van der Waals surface area contributed by atoms with Gasteiger partial charge in [0, 0.05) is 18.0 Å². The number of piperidine rings is 1. The Morgan fingerprint density at radius 1 is 1.21 bits per heavy atom. The summed E-state index contributed by atoms with van der Waals surface area (Å²) in [4.78, 5) is 2.53. The molecule has 19 heavy (non-hydrogen) atoms. The summed E-state index contributed by atoms with van der Waals surface area (Å²) in [5, 5.41) is 1.28. The van der Waals surface area contributed by atoms with Crippen LogP contribution >= 0.6 is 34.8 Å². The summed E-state index contributed by atoms with van der Waals surface area (Å²) in [6.07, 6.45) is 3.76. The third-order valence-electron chi connectivity index (χ3n) is 4.98. The Bertz CT molecular complexity index is 476. The van der Waals surface area contributed by atoms with Gasteiger partial charge in [-0.05, 0) is 55.8 Å². The topological polar surface area (TPSA) is 3.24 Å². The maximum Gasteiger partial charge on any atom is 0.0595 e. The summed E-state index contributed by atoms with van der Waals surface area (Å²) in [7, 11) is 2.24. The van der Waals surface area contributed by atoms with Gasteiger partial charge in [-0.3, -0.25) is 0 Å². The normalized spacial score (nSPS) is 34.7. The van der Waals surface area contributed by atoms with Crippen LogP contribution in [0.3, 0.4) is 0 Å². The quantitative estimate of drug-likeness (QED) is 0.708. The number of halogens is 3. The number of fused-ring (bicyclic) bond motifs is 2. The molecule has 1 unspecified atom stereocenters. The molecule has 0 radical (unpaired) electrons. The first-order valence-electron chi connectivity index (χ1n) is 6.84. The molecule has 2 fully saturated rings. The van der Waals surface area contributed by atoms with E-state index >= 15 is 0 Å². The van der Waals surface area contributed by atoms with Crippen molar-refractivity contribution >= 4 is 34.8 Å². The summed E-state index contributed by atoms with van der Waals surface area (Å²) < 4.78 is 0. The Balaban J connectivity index is 1.93. The Labute approximate surface area is 129 Å². The molecule has 2 aliphatic rings. The Morgan fingerprint density at radius 3 is 2.68 bits per heavy atom. The monoisotopic (exact) mass is 317 g/mol. The van der Waals surface area contributed by atoms with Crippen molar-refractivity contribution in [3.63, 3.8) is 0 Å². The largest absolute Gasteiger partial charge is 0.300 e. The van der Waals surface area contributed by atoms with Crippen molar-refractivity contribution in [2.45, 2.75) is 37.3 Å². The average molecular weight is 319 g/mol. The lowest BCUT2D eigenvalue weighted by molar-refractivity contribution is 0.111. The van der Waals surface area contributed by atoms with Crippen molar-refractivity contribution in [2.75, 3.05) is 12.9 Å². The minimum atomic E-state index is 0.515. The molecule has 1 nitrogen and oxygen atoms in total. The summed E-state index contributed by atoms with van der Waals surface area (Å²) in [5.41, 5.74) is 1.30. The van der Waals surface area contributed by atoms with E-state index in [-0.39, 0.29) is 0 Å². The van der Waals surface area contributed by atoms with Crippen LogP contribution in [0.5, 0.6) is 0 Å². The van der Waals surface area contributed by atoms with E-state index in [9.17, 15) is 0 Å². The van der Waals surface area contributed by atoms with Crippen LogP contribution in [0.15, 0.2) is 18.2 Å². The van der Waals surface area contributed by atoms with Crippen molar-refractivity contribution in [1.29, 1.82) is 0 Å². The fraction of sp³-hybridized carbons (Fsp3) is 0.600. The first kappa shape index (κ1) is 14.0. The number of benzene rings is 1. The predicted octanol–water partition coefficient (Wildman–Crippen LogP) is 4.80. The molecular weight excluding hydrogens is 301 g/mol. The van der Waals surface area contributed by atoms with Crippen molar-refractivity contribution in [1.82, 2.24) is 4.90 Å².